The number of aromatic nitrogens is 4. The Bertz CT molecular complexity index is 775. The number of nitrogens with zero attached hydrogens (tertiary/aromatic N) is 5. The summed E-state index contributed by atoms with van der Waals surface area (Å²) < 4.78 is 12.9. The number of carbonyl (C=O) groups is 1. The summed E-state index contributed by atoms with van der Waals surface area (Å²) in [5, 5.41) is 8.00. The highest BCUT2D eigenvalue weighted by molar-refractivity contribution is 5.92. The zero-order valence-corrected chi connectivity index (χ0v) is 15.3. The fraction of sp³-hybridized carbons (Fsp3) is 0.667. The normalized spacial score (nSPS) is 21.8. The Morgan fingerprint density at radius 1 is 1.38 bits per heavy atom. The van der Waals surface area contributed by atoms with Gasteiger partial charge in [0, 0.05) is 31.2 Å². The van der Waals surface area contributed by atoms with Crippen LogP contribution in [0.3, 0.4) is 0 Å². The first-order valence-electron chi connectivity index (χ1n) is 9.33. The quantitative estimate of drug-likeness (QED) is 0.813. The SMILES string of the molecule is CCn1nccc1C(=O)N1CCC2(CCC2OCc2nc(C)no2)CC1. The van der Waals surface area contributed by atoms with Crippen molar-refractivity contribution in [3.05, 3.63) is 29.7 Å². The van der Waals surface area contributed by atoms with E-state index in [9.17, 15) is 4.79 Å². The lowest BCUT2D eigenvalue weighted by Crippen LogP contribution is -2.54. The van der Waals surface area contributed by atoms with Crippen molar-refractivity contribution in [1.82, 2.24) is 24.8 Å². The van der Waals surface area contributed by atoms with E-state index in [1.165, 1.54) is 0 Å². The molecule has 1 aliphatic carbocycles. The number of ether oxygens (including phenoxy) is 1. The van der Waals surface area contributed by atoms with Crippen molar-refractivity contribution in [2.24, 2.45) is 5.41 Å². The Morgan fingerprint density at radius 2 is 2.19 bits per heavy atom. The summed E-state index contributed by atoms with van der Waals surface area (Å²) in [5.74, 6) is 1.24. The van der Waals surface area contributed by atoms with Gasteiger partial charge < -0.3 is 14.2 Å². The number of rotatable bonds is 5. The molecule has 0 N–H and O–H groups in total. The molecule has 4 rings (SSSR count). The van der Waals surface area contributed by atoms with Crippen LogP contribution in [0.15, 0.2) is 16.8 Å². The van der Waals surface area contributed by atoms with Crippen LogP contribution in [-0.4, -0.2) is 49.9 Å². The van der Waals surface area contributed by atoms with Gasteiger partial charge in [-0.05, 0) is 45.6 Å². The molecule has 1 unspecified atom stereocenters. The van der Waals surface area contributed by atoms with Crippen molar-refractivity contribution in [3.63, 3.8) is 0 Å². The Labute approximate surface area is 152 Å². The molecule has 3 heterocycles. The van der Waals surface area contributed by atoms with E-state index >= 15 is 0 Å². The average molecular weight is 359 g/mol. The van der Waals surface area contributed by atoms with Gasteiger partial charge in [-0.25, -0.2) is 0 Å². The molecule has 1 spiro atoms. The predicted octanol–water partition coefficient (Wildman–Crippen LogP) is 2.20. The van der Waals surface area contributed by atoms with Crippen LogP contribution in [-0.2, 0) is 17.9 Å². The molecular weight excluding hydrogens is 334 g/mol. The van der Waals surface area contributed by atoms with Gasteiger partial charge in [0.1, 0.15) is 12.3 Å². The van der Waals surface area contributed by atoms with E-state index in [0.29, 0.717) is 30.6 Å². The van der Waals surface area contributed by atoms with Crippen LogP contribution in [0.1, 0.15) is 54.8 Å². The zero-order valence-electron chi connectivity index (χ0n) is 15.3. The van der Waals surface area contributed by atoms with Crippen molar-refractivity contribution >= 4 is 5.91 Å². The molecule has 140 valence electrons. The highest BCUT2D eigenvalue weighted by Gasteiger charge is 2.49. The molecule has 8 nitrogen and oxygen atoms in total. The first-order valence-corrected chi connectivity index (χ1v) is 9.33. The number of hydrogen-bond acceptors (Lipinski definition) is 6. The van der Waals surface area contributed by atoms with Crippen molar-refractivity contribution < 1.29 is 14.1 Å². The Morgan fingerprint density at radius 3 is 2.81 bits per heavy atom. The van der Waals surface area contributed by atoms with E-state index in [1.54, 1.807) is 23.9 Å². The first kappa shape index (κ1) is 17.2. The Balaban J connectivity index is 1.33. The van der Waals surface area contributed by atoms with E-state index in [4.69, 9.17) is 9.26 Å². The van der Waals surface area contributed by atoms with Crippen LogP contribution >= 0.6 is 0 Å². The number of aryl methyl sites for hydroxylation is 2. The van der Waals surface area contributed by atoms with Crippen molar-refractivity contribution in [2.75, 3.05) is 13.1 Å². The minimum absolute atomic E-state index is 0.0809. The second-order valence-electron chi connectivity index (χ2n) is 7.26. The van der Waals surface area contributed by atoms with E-state index in [1.807, 2.05) is 11.8 Å². The van der Waals surface area contributed by atoms with Crippen molar-refractivity contribution in [2.45, 2.75) is 58.8 Å². The largest absolute Gasteiger partial charge is 0.368 e. The molecule has 0 radical (unpaired) electrons. The monoisotopic (exact) mass is 359 g/mol. The molecule has 0 bridgehead atoms. The van der Waals surface area contributed by atoms with Crippen LogP contribution in [0.2, 0.25) is 0 Å². The predicted molar refractivity (Wildman–Crippen MR) is 92.3 cm³/mol. The fourth-order valence-corrected chi connectivity index (χ4v) is 4.16. The third-order valence-corrected chi connectivity index (χ3v) is 5.85. The van der Waals surface area contributed by atoms with Crippen LogP contribution in [0.5, 0.6) is 0 Å². The van der Waals surface area contributed by atoms with Crippen molar-refractivity contribution in [3.8, 4) is 0 Å². The van der Waals surface area contributed by atoms with Gasteiger partial charge in [0.15, 0.2) is 5.82 Å². The van der Waals surface area contributed by atoms with Crippen LogP contribution < -0.4 is 0 Å². The second kappa shape index (κ2) is 6.83. The van der Waals surface area contributed by atoms with Gasteiger partial charge in [0.05, 0.1) is 6.10 Å². The topological polar surface area (TPSA) is 86.3 Å². The third kappa shape index (κ3) is 3.02. The molecule has 1 saturated heterocycles. The van der Waals surface area contributed by atoms with E-state index in [2.05, 4.69) is 15.2 Å². The van der Waals surface area contributed by atoms with Gasteiger partial charge in [-0.1, -0.05) is 5.16 Å². The molecule has 2 fully saturated rings. The second-order valence-corrected chi connectivity index (χ2v) is 7.26. The smallest absolute Gasteiger partial charge is 0.272 e. The number of amides is 1. The summed E-state index contributed by atoms with van der Waals surface area (Å²) in [4.78, 5) is 18.9. The lowest BCUT2D eigenvalue weighted by atomic mass is 9.60. The minimum atomic E-state index is 0.0809. The summed E-state index contributed by atoms with van der Waals surface area (Å²) in [5.41, 5.74) is 0.869. The Kier molecular flexibility index (Phi) is 4.52. The van der Waals surface area contributed by atoms with Gasteiger partial charge in [-0.2, -0.15) is 10.1 Å². The summed E-state index contributed by atoms with van der Waals surface area (Å²) in [6.45, 7) is 6.41. The van der Waals surface area contributed by atoms with Gasteiger partial charge in [-0.15, -0.1) is 0 Å². The lowest BCUT2D eigenvalue weighted by molar-refractivity contribution is -0.143. The van der Waals surface area contributed by atoms with E-state index < -0.39 is 0 Å². The fourth-order valence-electron chi connectivity index (χ4n) is 4.16. The zero-order chi connectivity index (χ0) is 18.1. The number of piperidine rings is 1. The van der Waals surface area contributed by atoms with Crippen LogP contribution in [0.4, 0.5) is 0 Å². The number of carbonyl (C=O) groups excluding carboxylic acids is 1. The molecule has 8 heteroatoms. The summed E-state index contributed by atoms with van der Waals surface area (Å²) >= 11 is 0. The van der Waals surface area contributed by atoms with Gasteiger partial charge in [-0.3, -0.25) is 9.48 Å². The Hall–Kier alpha value is -2.22. The van der Waals surface area contributed by atoms with Gasteiger partial charge >= 0.3 is 0 Å². The standard InChI is InChI=1S/C18H25N5O3/c1-3-23-14(5-9-19-23)17(24)22-10-7-18(8-11-22)6-4-15(18)25-12-16-20-13(2)21-26-16/h5,9,15H,3-4,6-8,10-12H2,1-2H3. The average Bonchev–Trinajstić information content (AvgIpc) is 3.29. The molecule has 2 aromatic heterocycles. The molecule has 1 amide bonds. The maximum atomic E-state index is 12.8. The molecule has 2 aliphatic rings. The van der Waals surface area contributed by atoms with Crippen molar-refractivity contribution in [1.29, 1.82) is 0 Å². The molecule has 26 heavy (non-hydrogen) atoms. The van der Waals surface area contributed by atoms with E-state index in [0.717, 1.165) is 38.8 Å². The molecule has 0 aromatic carbocycles. The van der Waals surface area contributed by atoms with Crippen LogP contribution in [0, 0.1) is 12.3 Å². The minimum Gasteiger partial charge on any atom is -0.368 e. The van der Waals surface area contributed by atoms with Crippen LogP contribution in [0.25, 0.3) is 0 Å². The van der Waals surface area contributed by atoms with E-state index in [-0.39, 0.29) is 17.4 Å². The summed E-state index contributed by atoms with van der Waals surface area (Å²) in [6, 6.07) is 1.80. The highest BCUT2D eigenvalue weighted by atomic mass is 16.5. The highest BCUT2D eigenvalue weighted by Crippen LogP contribution is 2.51. The number of hydrogen-bond donors (Lipinski definition) is 0. The summed E-state index contributed by atoms with van der Waals surface area (Å²) in [6.07, 6.45) is 6.09. The van der Waals surface area contributed by atoms with Gasteiger partial charge in [0.2, 0.25) is 0 Å². The first-order chi connectivity index (χ1) is 12.6. The molecule has 2 aromatic rings. The third-order valence-electron chi connectivity index (χ3n) is 5.85. The maximum Gasteiger partial charge on any atom is 0.272 e. The molecule has 1 atom stereocenters. The lowest BCUT2D eigenvalue weighted by Gasteiger charge is -2.53. The molecule has 1 saturated carbocycles. The number of likely N-dealkylation sites (tertiary alicyclic amines) is 1. The van der Waals surface area contributed by atoms with Gasteiger partial charge in [0.25, 0.3) is 11.8 Å². The molecule has 1 aliphatic heterocycles. The maximum absolute atomic E-state index is 12.8. The summed E-state index contributed by atoms with van der Waals surface area (Å²) in [7, 11) is 0. The molecular formula is C18H25N5O3.